The van der Waals surface area contributed by atoms with E-state index in [9.17, 15) is 9.90 Å². The number of rotatable bonds is 16. The maximum Gasteiger partial charge on any atom is 0.360 e. The first-order valence-electron chi connectivity index (χ1n) is 10.8. The Bertz CT molecular complexity index is 512. The molecule has 0 aromatic rings. The molecule has 1 rings (SSSR count). The molecule has 27 heavy (non-hydrogen) atoms. The lowest BCUT2D eigenvalue weighted by Crippen LogP contribution is -2.59. The lowest BCUT2D eigenvalue weighted by Gasteiger charge is -2.34. The van der Waals surface area contributed by atoms with Crippen molar-refractivity contribution in [3.63, 3.8) is 0 Å². The quantitative estimate of drug-likeness (QED) is 0.216. The van der Waals surface area contributed by atoms with E-state index in [0.29, 0.717) is 0 Å². The summed E-state index contributed by atoms with van der Waals surface area (Å²) in [5, 5.41) is 9.22. The molecule has 0 fully saturated rings. The SMILES string of the molecule is CCCCCCCC/C=C/CCCCCC1=NC=C[N+]1(CC(=O)O)C(C)N. The summed E-state index contributed by atoms with van der Waals surface area (Å²) < 4.78 is 0.160. The van der Waals surface area contributed by atoms with Crippen molar-refractivity contribution in [3.8, 4) is 0 Å². The van der Waals surface area contributed by atoms with Crippen molar-refractivity contribution in [1.82, 2.24) is 0 Å². The molecule has 0 bridgehead atoms. The minimum absolute atomic E-state index is 0.0335. The van der Waals surface area contributed by atoms with Crippen molar-refractivity contribution in [3.05, 3.63) is 24.6 Å². The maximum atomic E-state index is 11.2. The van der Waals surface area contributed by atoms with Gasteiger partial charge in [-0.25, -0.2) is 14.3 Å². The number of amidine groups is 1. The third-order valence-electron chi connectivity index (χ3n) is 5.32. The Balaban J connectivity index is 2.14. The van der Waals surface area contributed by atoms with Crippen LogP contribution < -0.4 is 5.73 Å². The number of carbonyl (C=O) groups is 1. The van der Waals surface area contributed by atoms with Crippen molar-refractivity contribution in [2.45, 2.75) is 97.1 Å². The normalized spacial score (nSPS) is 20.3. The first-order chi connectivity index (χ1) is 13.0. The average molecular weight is 379 g/mol. The van der Waals surface area contributed by atoms with E-state index < -0.39 is 5.97 Å². The van der Waals surface area contributed by atoms with Gasteiger partial charge >= 0.3 is 5.97 Å². The largest absolute Gasteiger partial charge is 0.477 e. The molecule has 0 spiro atoms. The van der Waals surface area contributed by atoms with Gasteiger partial charge in [0, 0.05) is 13.3 Å². The monoisotopic (exact) mass is 378 g/mol. The summed E-state index contributed by atoms with van der Waals surface area (Å²) in [4.78, 5) is 15.6. The maximum absolute atomic E-state index is 11.2. The molecule has 1 heterocycles. The smallest absolute Gasteiger partial charge is 0.360 e. The zero-order valence-electron chi connectivity index (χ0n) is 17.4. The van der Waals surface area contributed by atoms with Gasteiger partial charge in [0.25, 0.3) is 0 Å². The fourth-order valence-electron chi connectivity index (χ4n) is 3.59. The van der Waals surface area contributed by atoms with E-state index in [2.05, 4.69) is 24.1 Å². The first-order valence-corrected chi connectivity index (χ1v) is 10.8. The van der Waals surface area contributed by atoms with E-state index >= 15 is 0 Å². The number of hydrogen-bond donors (Lipinski definition) is 2. The number of aliphatic imine (C=N–C) groups is 1. The molecule has 0 saturated carbocycles. The third kappa shape index (κ3) is 8.85. The lowest BCUT2D eigenvalue weighted by atomic mass is 10.1. The van der Waals surface area contributed by atoms with E-state index in [-0.39, 0.29) is 17.2 Å². The molecule has 0 aliphatic carbocycles. The summed E-state index contributed by atoms with van der Waals surface area (Å²) in [6, 6.07) is 0. The first kappa shape index (κ1) is 23.6. The molecule has 0 aromatic carbocycles. The minimum atomic E-state index is -0.845. The number of quaternary nitrogens is 1. The van der Waals surface area contributed by atoms with E-state index in [1.54, 1.807) is 6.20 Å². The molecule has 154 valence electrons. The Kier molecular flexibility index (Phi) is 11.9. The second-order valence-electron chi connectivity index (χ2n) is 7.69. The minimum Gasteiger partial charge on any atom is -0.477 e. The van der Waals surface area contributed by atoms with Crippen LogP contribution in [0.5, 0.6) is 0 Å². The molecular formula is C22H40N3O2+. The van der Waals surface area contributed by atoms with Crippen molar-refractivity contribution in [1.29, 1.82) is 0 Å². The molecule has 2 unspecified atom stereocenters. The number of aliphatic carboxylic acids is 1. The number of nitrogens with zero attached hydrogens (tertiary/aromatic N) is 2. The van der Waals surface area contributed by atoms with E-state index in [4.69, 9.17) is 5.73 Å². The third-order valence-corrected chi connectivity index (χ3v) is 5.32. The van der Waals surface area contributed by atoms with Gasteiger partial charge in [0.1, 0.15) is 12.4 Å². The zero-order chi connectivity index (χ0) is 20.0. The Morgan fingerprint density at radius 3 is 2.30 bits per heavy atom. The molecule has 0 saturated heterocycles. The summed E-state index contributed by atoms with van der Waals surface area (Å²) in [5.74, 6) is 0.0352. The Morgan fingerprint density at radius 2 is 1.70 bits per heavy atom. The van der Waals surface area contributed by atoms with Gasteiger partial charge in [0.15, 0.2) is 6.54 Å². The predicted octanol–water partition coefficient (Wildman–Crippen LogP) is 5.33. The van der Waals surface area contributed by atoms with Gasteiger partial charge < -0.3 is 5.11 Å². The highest BCUT2D eigenvalue weighted by molar-refractivity contribution is 5.81. The molecule has 0 aromatic heterocycles. The molecule has 0 amide bonds. The summed E-state index contributed by atoms with van der Waals surface area (Å²) in [5.41, 5.74) is 6.08. The van der Waals surface area contributed by atoms with E-state index in [0.717, 1.165) is 31.5 Å². The van der Waals surface area contributed by atoms with Gasteiger partial charge in [0.2, 0.25) is 5.84 Å². The summed E-state index contributed by atoms with van der Waals surface area (Å²) in [6.45, 7) is 4.07. The number of carboxylic acid groups (broad SMARTS) is 1. The van der Waals surface area contributed by atoms with Crippen LogP contribution >= 0.6 is 0 Å². The van der Waals surface area contributed by atoms with Crippen LogP contribution in [0.15, 0.2) is 29.5 Å². The Morgan fingerprint density at radius 1 is 1.11 bits per heavy atom. The molecule has 5 nitrogen and oxygen atoms in total. The van der Waals surface area contributed by atoms with Gasteiger partial charge in [-0.1, -0.05) is 57.6 Å². The molecule has 1 aliphatic rings. The Labute approximate surface area is 165 Å². The van der Waals surface area contributed by atoms with Crippen LogP contribution in [0.25, 0.3) is 0 Å². The summed E-state index contributed by atoms with van der Waals surface area (Å²) in [7, 11) is 0. The van der Waals surface area contributed by atoms with Gasteiger partial charge in [-0.05, 0) is 32.1 Å². The standard InChI is InChI=1S/C22H39N3O2/c1-3-4-5-6-7-8-9-10-11-12-13-14-15-16-21-24-17-18-25(21,20(2)23)19-22(26)27/h10-11,17-18,20H,3-9,12-16,19,23H2,1-2H3/p+1/b11-10+. The van der Waals surface area contributed by atoms with Crippen LogP contribution in [0, 0.1) is 0 Å². The van der Waals surface area contributed by atoms with Crippen LogP contribution in [0.3, 0.4) is 0 Å². The van der Waals surface area contributed by atoms with Crippen molar-refractivity contribution in [2.75, 3.05) is 6.54 Å². The Hall–Kier alpha value is -1.46. The van der Waals surface area contributed by atoms with Crippen molar-refractivity contribution >= 4 is 11.8 Å². The van der Waals surface area contributed by atoms with Crippen molar-refractivity contribution in [2.24, 2.45) is 10.7 Å². The van der Waals surface area contributed by atoms with E-state index in [1.165, 1.54) is 51.4 Å². The number of unbranched alkanes of at least 4 members (excludes halogenated alkanes) is 9. The topological polar surface area (TPSA) is 75.7 Å². The predicted molar refractivity (Wildman–Crippen MR) is 113 cm³/mol. The van der Waals surface area contributed by atoms with Crippen molar-refractivity contribution < 1.29 is 14.4 Å². The molecule has 2 atom stereocenters. The summed E-state index contributed by atoms with van der Waals surface area (Å²) in [6.07, 6.45) is 22.5. The number of nitrogens with two attached hydrogens (primary N) is 1. The number of hydrogen-bond acceptors (Lipinski definition) is 3. The van der Waals surface area contributed by atoms with Crippen LogP contribution in [0.1, 0.15) is 90.9 Å². The lowest BCUT2D eigenvalue weighted by molar-refractivity contribution is -0.805. The van der Waals surface area contributed by atoms with Gasteiger partial charge in [-0.3, -0.25) is 5.73 Å². The fourth-order valence-corrected chi connectivity index (χ4v) is 3.59. The highest BCUT2D eigenvalue weighted by Gasteiger charge is 2.40. The van der Waals surface area contributed by atoms with Crippen LogP contribution in [0.2, 0.25) is 0 Å². The van der Waals surface area contributed by atoms with Gasteiger partial charge in [-0.15, -0.1) is 0 Å². The second-order valence-corrected chi connectivity index (χ2v) is 7.69. The average Bonchev–Trinajstić information content (AvgIpc) is 3.02. The highest BCUT2D eigenvalue weighted by Crippen LogP contribution is 2.23. The molecule has 5 heteroatoms. The van der Waals surface area contributed by atoms with Crippen LogP contribution in [-0.2, 0) is 4.79 Å². The van der Waals surface area contributed by atoms with E-state index in [1.807, 2.05) is 13.1 Å². The summed E-state index contributed by atoms with van der Waals surface area (Å²) >= 11 is 0. The highest BCUT2D eigenvalue weighted by atomic mass is 16.4. The molecule has 3 N–H and O–H groups in total. The zero-order valence-corrected chi connectivity index (χ0v) is 17.4. The van der Waals surface area contributed by atoms with Crippen LogP contribution in [0.4, 0.5) is 0 Å². The number of allylic oxidation sites excluding steroid dienone is 2. The molecule has 1 aliphatic heterocycles. The van der Waals surface area contributed by atoms with Crippen LogP contribution in [-0.4, -0.2) is 34.1 Å². The number of carboxylic acids is 1. The molecular weight excluding hydrogens is 338 g/mol. The van der Waals surface area contributed by atoms with Gasteiger partial charge in [-0.2, -0.15) is 0 Å². The fraction of sp³-hybridized carbons (Fsp3) is 0.727. The molecule has 0 radical (unpaired) electrons. The second kappa shape index (κ2) is 13.7. The van der Waals surface area contributed by atoms with Gasteiger partial charge in [0.05, 0.1) is 6.20 Å².